The molecule has 0 unspecified atom stereocenters. The van der Waals surface area contributed by atoms with E-state index in [1.807, 2.05) is 18.2 Å². The molecule has 0 atom stereocenters. The molecule has 1 heterocycles. The molecule has 0 spiro atoms. The maximum absolute atomic E-state index is 12.1. The molecule has 2 rings (SSSR count). The lowest BCUT2D eigenvalue weighted by molar-refractivity contribution is 0.0995. The SMILES string of the molecule is CCc1cccc(CC)c1NC(=O)c1ccc(Br)o1. The molecule has 0 saturated carbocycles. The number of hydrogen-bond acceptors (Lipinski definition) is 2. The molecule has 1 N–H and O–H groups in total. The van der Waals surface area contributed by atoms with E-state index in [9.17, 15) is 4.79 Å². The first-order valence-corrected chi connectivity index (χ1v) is 7.12. The molecule has 0 aliphatic carbocycles. The summed E-state index contributed by atoms with van der Waals surface area (Å²) in [4.78, 5) is 12.1. The molecule has 0 bridgehead atoms. The molecule has 0 aliphatic heterocycles. The third-order valence-corrected chi connectivity index (χ3v) is 3.46. The van der Waals surface area contributed by atoms with Crippen molar-refractivity contribution in [3.8, 4) is 0 Å². The Kier molecular flexibility index (Phi) is 4.43. The minimum absolute atomic E-state index is 0.221. The molecule has 1 aromatic carbocycles. The van der Waals surface area contributed by atoms with Gasteiger partial charge in [0.25, 0.3) is 5.91 Å². The molecule has 0 fully saturated rings. The second kappa shape index (κ2) is 6.06. The number of rotatable bonds is 4. The van der Waals surface area contributed by atoms with Crippen molar-refractivity contribution in [3.63, 3.8) is 0 Å². The third-order valence-electron chi connectivity index (χ3n) is 3.03. The largest absolute Gasteiger partial charge is 0.444 e. The van der Waals surface area contributed by atoms with Crippen LogP contribution in [0.2, 0.25) is 0 Å². The summed E-state index contributed by atoms with van der Waals surface area (Å²) in [5, 5.41) is 2.96. The van der Waals surface area contributed by atoms with Gasteiger partial charge in [-0.2, -0.15) is 0 Å². The number of carbonyl (C=O) groups is 1. The zero-order valence-electron chi connectivity index (χ0n) is 11.0. The minimum atomic E-state index is -0.221. The van der Waals surface area contributed by atoms with Crippen LogP contribution in [0.15, 0.2) is 39.4 Å². The molecule has 0 radical (unpaired) electrons. The summed E-state index contributed by atoms with van der Waals surface area (Å²) in [6, 6.07) is 9.46. The maximum atomic E-state index is 12.1. The summed E-state index contributed by atoms with van der Waals surface area (Å²) in [5.41, 5.74) is 3.18. The molecule has 1 amide bonds. The number of halogens is 1. The van der Waals surface area contributed by atoms with Crippen LogP contribution in [0.1, 0.15) is 35.5 Å². The number of furan rings is 1. The summed E-state index contributed by atoms with van der Waals surface area (Å²) in [7, 11) is 0. The van der Waals surface area contributed by atoms with Crippen molar-refractivity contribution in [2.45, 2.75) is 26.7 Å². The minimum Gasteiger partial charge on any atom is -0.444 e. The smallest absolute Gasteiger partial charge is 0.291 e. The summed E-state index contributed by atoms with van der Waals surface area (Å²) in [6.45, 7) is 4.15. The van der Waals surface area contributed by atoms with E-state index in [0.29, 0.717) is 10.4 Å². The van der Waals surface area contributed by atoms with Gasteiger partial charge < -0.3 is 9.73 Å². The van der Waals surface area contributed by atoms with Crippen molar-refractivity contribution < 1.29 is 9.21 Å². The zero-order chi connectivity index (χ0) is 13.8. The van der Waals surface area contributed by atoms with Crippen molar-refractivity contribution in [2.75, 3.05) is 5.32 Å². The average Bonchev–Trinajstić information content (AvgIpc) is 2.85. The van der Waals surface area contributed by atoms with Crippen molar-refractivity contribution in [1.82, 2.24) is 0 Å². The quantitative estimate of drug-likeness (QED) is 0.905. The van der Waals surface area contributed by atoms with Gasteiger partial charge in [-0.25, -0.2) is 0 Å². The number of aryl methyl sites for hydroxylation is 2. The summed E-state index contributed by atoms with van der Waals surface area (Å²) in [5.74, 6) is 0.0844. The Balaban J connectivity index is 2.30. The lowest BCUT2D eigenvalue weighted by atomic mass is 10.0. The van der Waals surface area contributed by atoms with E-state index in [4.69, 9.17) is 4.42 Å². The van der Waals surface area contributed by atoms with Gasteiger partial charge >= 0.3 is 0 Å². The fourth-order valence-electron chi connectivity index (χ4n) is 2.01. The number of amides is 1. The van der Waals surface area contributed by atoms with Crippen LogP contribution in [0.5, 0.6) is 0 Å². The van der Waals surface area contributed by atoms with E-state index in [2.05, 4.69) is 35.1 Å². The fourth-order valence-corrected chi connectivity index (χ4v) is 2.32. The van der Waals surface area contributed by atoms with Crippen LogP contribution >= 0.6 is 15.9 Å². The Morgan fingerprint density at radius 1 is 1.16 bits per heavy atom. The predicted molar refractivity (Wildman–Crippen MR) is 79.6 cm³/mol. The van der Waals surface area contributed by atoms with Gasteiger partial charge in [0.1, 0.15) is 0 Å². The lowest BCUT2D eigenvalue weighted by Crippen LogP contribution is -2.14. The molecule has 1 aromatic heterocycles. The second-order valence-electron chi connectivity index (χ2n) is 4.22. The van der Waals surface area contributed by atoms with Crippen LogP contribution in [-0.2, 0) is 12.8 Å². The average molecular weight is 322 g/mol. The zero-order valence-corrected chi connectivity index (χ0v) is 12.6. The molecule has 100 valence electrons. The first-order chi connectivity index (χ1) is 9.15. The molecule has 4 heteroatoms. The first-order valence-electron chi connectivity index (χ1n) is 6.33. The molecule has 3 nitrogen and oxygen atoms in total. The van der Waals surface area contributed by atoms with Gasteiger partial charge in [0.2, 0.25) is 0 Å². The Bertz CT molecular complexity index is 567. The van der Waals surface area contributed by atoms with E-state index in [-0.39, 0.29) is 5.91 Å². The van der Waals surface area contributed by atoms with E-state index in [1.54, 1.807) is 12.1 Å². The summed E-state index contributed by atoms with van der Waals surface area (Å²) >= 11 is 3.20. The number of carbonyl (C=O) groups excluding carboxylic acids is 1. The topological polar surface area (TPSA) is 42.2 Å². The van der Waals surface area contributed by atoms with E-state index >= 15 is 0 Å². The molecule has 0 saturated heterocycles. The maximum Gasteiger partial charge on any atom is 0.291 e. The molecule has 0 aliphatic rings. The monoisotopic (exact) mass is 321 g/mol. The number of hydrogen-bond donors (Lipinski definition) is 1. The summed E-state index contributed by atoms with van der Waals surface area (Å²) < 4.78 is 5.82. The molecular weight excluding hydrogens is 306 g/mol. The van der Waals surface area contributed by atoms with E-state index < -0.39 is 0 Å². The Labute approximate surface area is 121 Å². The number of para-hydroxylation sites is 1. The van der Waals surface area contributed by atoms with E-state index in [0.717, 1.165) is 29.7 Å². The van der Waals surface area contributed by atoms with Crippen LogP contribution in [-0.4, -0.2) is 5.91 Å². The highest BCUT2D eigenvalue weighted by Gasteiger charge is 2.14. The van der Waals surface area contributed by atoms with Gasteiger partial charge in [0.05, 0.1) is 0 Å². The Hall–Kier alpha value is -1.55. The normalized spacial score (nSPS) is 10.5. The van der Waals surface area contributed by atoms with Crippen LogP contribution in [0.4, 0.5) is 5.69 Å². The van der Waals surface area contributed by atoms with Crippen molar-refractivity contribution in [2.24, 2.45) is 0 Å². The summed E-state index contributed by atoms with van der Waals surface area (Å²) in [6.07, 6.45) is 1.76. The van der Waals surface area contributed by atoms with Crippen LogP contribution in [0.3, 0.4) is 0 Å². The third kappa shape index (κ3) is 3.07. The van der Waals surface area contributed by atoms with Gasteiger partial charge in [0, 0.05) is 5.69 Å². The number of benzene rings is 1. The number of nitrogens with one attached hydrogen (secondary N) is 1. The molecule has 2 aromatic rings. The van der Waals surface area contributed by atoms with Crippen LogP contribution < -0.4 is 5.32 Å². The van der Waals surface area contributed by atoms with Crippen LogP contribution in [0.25, 0.3) is 0 Å². The number of anilines is 1. The lowest BCUT2D eigenvalue weighted by Gasteiger charge is -2.13. The van der Waals surface area contributed by atoms with E-state index in [1.165, 1.54) is 0 Å². The van der Waals surface area contributed by atoms with Gasteiger partial charge in [-0.05, 0) is 52.0 Å². The predicted octanol–water partition coefficient (Wildman–Crippen LogP) is 4.42. The highest BCUT2D eigenvalue weighted by Crippen LogP contribution is 2.24. The Morgan fingerprint density at radius 2 is 1.79 bits per heavy atom. The fraction of sp³-hybridized carbons (Fsp3) is 0.267. The molecular formula is C15H16BrNO2. The van der Waals surface area contributed by atoms with Gasteiger partial charge in [-0.15, -0.1) is 0 Å². The molecule has 19 heavy (non-hydrogen) atoms. The highest BCUT2D eigenvalue weighted by molar-refractivity contribution is 9.10. The van der Waals surface area contributed by atoms with Gasteiger partial charge in [-0.1, -0.05) is 32.0 Å². The highest BCUT2D eigenvalue weighted by atomic mass is 79.9. The first kappa shape index (κ1) is 13.9. The van der Waals surface area contributed by atoms with Crippen molar-refractivity contribution >= 4 is 27.5 Å². The standard InChI is InChI=1S/C15H16BrNO2/c1-3-10-6-5-7-11(4-2)14(10)17-15(18)12-8-9-13(16)19-12/h5-9H,3-4H2,1-2H3,(H,17,18). The van der Waals surface area contributed by atoms with Crippen molar-refractivity contribution in [3.05, 3.63) is 51.9 Å². The Morgan fingerprint density at radius 3 is 2.26 bits per heavy atom. The van der Waals surface area contributed by atoms with Crippen molar-refractivity contribution in [1.29, 1.82) is 0 Å². The van der Waals surface area contributed by atoms with Gasteiger partial charge in [-0.3, -0.25) is 4.79 Å². The second-order valence-corrected chi connectivity index (χ2v) is 5.00. The van der Waals surface area contributed by atoms with Gasteiger partial charge in [0.15, 0.2) is 10.4 Å². The van der Waals surface area contributed by atoms with Crippen LogP contribution in [0, 0.1) is 0 Å².